The number of halogens is 2. The molecule has 1 N–H and O–H groups in total. The number of hydrogen-bond acceptors (Lipinski definition) is 5. The number of phenols is 1. The van der Waals surface area contributed by atoms with E-state index in [4.69, 9.17) is 32.4 Å². The third kappa shape index (κ3) is 2.76. The predicted octanol–water partition coefficient (Wildman–Crippen LogP) is 3.69. The Kier molecular flexibility index (Phi) is 4.04. The van der Waals surface area contributed by atoms with Gasteiger partial charge in [0.25, 0.3) is 0 Å². The standard InChI is InChI=1S/C17H16Cl2O5/c1-3-9-4-11-10(5-14(21)24-13(11)6-12(9)20)7-23-15(22)16(2)8-17(16,18)19/h4-6,20H,3,7-8H2,1-2H3/t16-/m1/s1. The fourth-order valence-corrected chi connectivity index (χ4v) is 3.32. The van der Waals surface area contributed by atoms with E-state index in [9.17, 15) is 14.7 Å². The molecule has 1 aliphatic rings. The van der Waals surface area contributed by atoms with Crippen molar-refractivity contribution in [2.75, 3.05) is 0 Å². The van der Waals surface area contributed by atoms with Crippen molar-refractivity contribution in [3.05, 3.63) is 39.7 Å². The van der Waals surface area contributed by atoms with Crippen LogP contribution in [0.3, 0.4) is 0 Å². The number of benzene rings is 1. The molecule has 1 atom stereocenters. The van der Waals surface area contributed by atoms with E-state index in [-0.39, 0.29) is 17.9 Å². The van der Waals surface area contributed by atoms with Crippen LogP contribution in [0.4, 0.5) is 0 Å². The molecule has 1 aliphatic carbocycles. The van der Waals surface area contributed by atoms with Crippen molar-refractivity contribution in [3.8, 4) is 5.75 Å². The van der Waals surface area contributed by atoms with E-state index in [0.29, 0.717) is 29.4 Å². The average molecular weight is 371 g/mol. The van der Waals surface area contributed by atoms with E-state index >= 15 is 0 Å². The second-order valence-corrected chi connectivity index (χ2v) is 7.69. The van der Waals surface area contributed by atoms with Gasteiger partial charge >= 0.3 is 11.6 Å². The summed E-state index contributed by atoms with van der Waals surface area (Å²) in [6.45, 7) is 3.43. The van der Waals surface area contributed by atoms with Crippen LogP contribution in [-0.2, 0) is 22.6 Å². The van der Waals surface area contributed by atoms with Crippen LogP contribution in [0.15, 0.2) is 27.4 Å². The summed E-state index contributed by atoms with van der Waals surface area (Å²) < 4.78 is 9.30. The van der Waals surface area contributed by atoms with Gasteiger partial charge in [0.15, 0.2) is 0 Å². The van der Waals surface area contributed by atoms with Gasteiger partial charge in [0.2, 0.25) is 0 Å². The lowest BCUT2D eigenvalue weighted by Crippen LogP contribution is -2.21. The summed E-state index contributed by atoms with van der Waals surface area (Å²) in [5.74, 6) is -0.453. The number of alkyl halides is 2. The van der Waals surface area contributed by atoms with E-state index in [0.717, 1.165) is 0 Å². The molecule has 0 aliphatic heterocycles. The zero-order chi connectivity index (χ0) is 17.7. The quantitative estimate of drug-likeness (QED) is 0.504. The molecule has 0 bridgehead atoms. The maximum atomic E-state index is 12.2. The molecule has 1 fully saturated rings. The maximum absolute atomic E-state index is 12.2. The first-order valence-corrected chi connectivity index (χ1v) is 8.27. The fourth-order valence-electron chi connectivity index (χ4n) is 2.63. The highest BCUT2D eigenvalue weighted by atomic mass is 35.5. The molecule has 0 amide bonds. The first kappa shape index (κ1) is 17.1. The summed E-state index contributed by atoms with van der Waals surface area (Å²) in [6.07, 6.45) is 0.937. The van der Waals surface area contributed by atoms with E-state index in [1.165, 1.54) is 12.1 Å². The summed E-state index contributed by atoms with van der Waals surface area (Å²) in [5.41, 5.74) is -0.0660. The van der Waals surface area contributed by atoms with Crippen molar-refractivity contribution < 1.29 is 19.1 Å². The molecule has 3 rings (SSSR count). The number of aromatic hydroxyl groups is 1. The molecular weight excluding hydrogens is 355 g/mol. The summed E-state index contributed by atoms with van der Waals surface area (Å²) in [5, 5.41) is 10.5. The van der Waals surface area contributed by atoms with Crippen LogP contribution >= 0.6 is 23.2 Å². The van der Waals surface area contributed by atoms with Gasteiger partial charge in [0.05, 0.1) is 0 Å². The Hall–Kier alpha value is -1.72. The minimum atomic E-state index is -1.11. The van der Waals surface area contributed by atoms with Crippen molar-refractivity contribution in [1.29, 1.82) is 0 Å². The Bertz CT molecular complexity index is 886. The van der Waals surface area contributed by atoms with Crippen molar-refractivity contribution >= 4 is 40.1 Å². The summed E-state index contributed by atoms with van der Waals surface area (Å²) >= 11 is 11.9. The lowest BCUT2D eigenvalue weighted by molar-refractivity contribution is -0.150. The number of aryl methyl sites for hydroxylation is 1. The highest BCUT2D eigenvalue weighted by Gasteiger charge is 2.69. The third-order valence-corrected chi connectivity index (χ3v) is 5.58. The fraction of sp³-hybridized carbons (Fsp3) is 0.412. The number of ether oxygens (including phenoxy) is 1. The van der Waals surface area contributed by atoms with Gasteiger partial charge in [-0.05, 0) is 25.0 Å². The van der Waals surface area contributed by atoms with Gasteiger partial charge in [-0.25, -0.2) is 4.79 Å². The Morgan fingerprint density at radius 2 is 2.00 bits per heavy atom. The molecule has 2 aromatic rings. The molecule has 0 spiro atoms. The zero-order valence-corrected chi connectivity index (χ0v) is 14.7. The number of fused-ring (bicyclic) bond motifs is 1. The summed E-state index contributed by atoms with van der Waals surface area (Å²) in [7, 11) is 0. The van der Waals surface area contributed by atoms with E-state index in [1.54, 1.807) is 13.0 Å². The van der Waals surface area contributed by atoms with Crippen molar-refractivity contribution in [2.45, 2.75) is 37.6 Å². The van der Waals surface area contributed by atoms with Gasteiger partial charge in [-0.15, -0.1) is 23.2 Å². The van der Waals surface area contributed by atoms with Crippen LogP contribution in [0.2, 0.25) is 0 Å². The normalized spacial score (nSPS) is 21.7. The monoisotopic (exact) mass is 370 g/mol. The first-order chi connectivity index (χ1) is 11.2. The van der Waals surface area contributed by atoms with Crippen LogP contribution < -0.4 is 5.63 Å². The summed E-state index contributed by atoms with van der Waals surface area (Å²) in [6, 6.07) is 4.39. The lowest BCUT2D eigenvalue weighted by atomic mass is 10.0. The molecule has 1 saturated carbocycles. The third-order valence-electron chi connectivity index (χ3n) is 4.48. The van der Waals surface area contributed by atoms with E-state index in [1.807, 2.05) is 6.92 Å². The molecule has 0 unspecified atom stereocenters. The van der Waals surface area contributed by atoms with Gasteiger partial charge in [-0.2, -0.15) is 0 Å². The van der Waals surface area contributed by atoms with E-state index in [2.05, 4.69) is 0 Å². The van der Waals surface area contributed by atoms with Gasteiger partial charge in [-0.1, -0.05) is 6.92 Å². The zero-order valence-electron chi connectivity index (χ0n) is 13.2. The number of carbonyl (C=O) groups excluding carboxylic acids is 1. The number of hydrogen-bond donors (Lipinski definition) is 1. The van der Waals surface area contributed by atoms with Gasteiger partial charge in [0, 0.05) is 29.5 Å². The van der Waals surface area contributed by atoms with Crippen molar-refractivity contribution in [1.82, 2.24) is 0 Å². The van der Waals surface area contributed by atoms with Crippen LogP contribution in [0.1, 0.15) is 31.4 Å². The molecule has 24 heavy (non-hydrogen) atoms. The van der Waals surface area contributed by atoms with Crippen molar-refractivity contribution in [3.63, 3.8) is 0 Å². The minimum Gasteiger partial charge on any atom is -0.508 e. The molecule has 0 radical (unpaired) electrons. The smallest absolute Gasteiger partial charge is 0.336 e. The Balaban J connectivity index is 1.92. The average Bonchev–Trinajstić information content (AvgIpc) is 3.03. The SMILES string of the molecule is CCc1cc2c(COC(=O)[C@@]3(C)CC3(Cl)Cl)cc(=O)oc2cc1O. The minimum absolute atomic E-state index is 0.0573. The largest absolute Gasteiger partial charge is 0.508 e. The Morgan fingerprint density at radius 1 is 1.33 bits per heavy atom. The highest BCUT2D eigenvalue weighted by Crippen LogP contribution is 2.64. The second kappa shape index (κ2) is 5.67. The van der Waals surface area contributed by atoms with Crippen LogP contribution in [0.5, 0.6) is 5.75 Å². The van der Waals surface area contributed by atoms with Crippen LogP contribution in [0.25, 0.3) is 11.0 Å². The van der Waals surface area contributed by atoms with E-state index < -0.39 is 21.3 Å². The second-order valence-electron chi connectivity index (χ2n) is 6.21. The number of rotatable bonds is 4. The molecule has 1 aromatic carbocycles. The van der Waals surface area contributed by atoms with Crippen LogP contribution in [0, 0.1) is 5.41 Å². The number of phenolic OH excluding ortho intramolecular Hbond substituents is 1. The molecule has 5 nitrogen and oxygen atoms in total. The van der Waals surface area contributed by atoms with Gasteiger partial charge in [0.1, 0.15) is 27.7 Å². The first-order valence-electron chi connectivity index (χ1n) is 7.51. The molecular formula is C17H16Cl2O5. The van der Waals surface area contributed by atoms with Crippen molar-refractivity contribution in [2.24, 2.45) is 5.41 Å². The molecule has 1 heterocycles. The number of esters is 1. The highest BCUT2D eigenvalue weighted by molar-refractivity contribution is 6.53. The Morgan fingerprint density at radius 3 is 2.58 bits per heavy atom. The number of carbonyl (C=O) groups is 1. The Labute approximate surface area is 148 Å². The molecule has 128 valence electrons. The summed E-state index contributed by atoms with van der Waals surface area (Å²) in [4.78, 5) is 23.9. The van der Waals surface area contributed by atoms with Gasteiger partial charge < -0.3 is 14.3 Å². The van der Waals surface area contributed by atoms with Gasteiger partial charge in [-0.3, -0.25) is 4.79 Å². The molecule has 1 aromatic heterocycles. The molecule has 7 heteroatoms. The maximum Gasteiger partial charge on any atom is 0.336 e. The van der Waals surface area contributed by atoms with Crippen LogP contribution in [-0.4, -0.2) is 15.4 Å². The lowest BCUT2D eigenvalue weighted by Gasteiger charge is -2.13. The predicted molar refractivity (Wildman–Crippen MR) is 90.5 cm³/mol. The topological polar surface area (TPSA) is 76.7 Å². The molecule has 0 saturated heterocycles.